The first-order valence-electron chi connectivity index (χ1n) is 8.65. The monoisotopic (exact) mass is 449 g/mol. The normalized spacial score (nSPS) is 18.2. The predicted molar refractivity (Wildman–Crippen MR) is 98.8 cm³/mol. The minimum absolute atomic E-state index is 0. The summed E-state index contributed by atoms with van der Waals surface area (Å²) in [7, 11) is -4.62. The summed E-state index contributed by atoms with van der Waals surface area (Å²) in [5.41, 5.74) is 1.24. The topological polar surface area (TPSA) is 165 Å². The van der Waals surface area contributed by atoms with E-state index in [4.69, 9.17) is 4.55 Å². The van der Waals surface area contributed by atoms with E-state index in [0.29, 0.717) is 17.7 Å². The number of carbonyl (C=O) groups excluding carboxylic acids is 4. The number of nitrogens with zero attached hydrogens (tertiary/aromatic N) is 2. The fraction of sp³-hybridized carbons (Fsp3) is 0.375. The number of rotatable bonds is 6. The Hall–Kier alpha value is -2.19. The van der Waals surface area contributed by atoms with Crippen molar-refractivity contribution < 1.29 is 63.1 Å². The van der Waals surface area contributed by atoms with Crippen LogP contribution in [0.2, 0.25) is 0 Å². The van der Waals surface area contributed by atoms with Crippen molar-refractivity contribution in [2.24, 2.45) is 0 Å². The first-order chi connectivity index (χ1) is 13.7. The number of β-lactam (4-membered cyclic amide) rings is 1. The molecule has 0 aliphatic carbocycles. The van der Waals surface area contributed by atoms with Crippen LogP contribution in [-0.2, 0) is 32.9 Å². The van der Waals surface area contributed by atoms with Crippen LogP contribution in [0.5, 0.6) is 0 Å². The van der Waals surface area contributed by atoms with Crippen LogP contribution in [0.4, 0.5) is 9.59 Å². The summed E-state index contributed by atoms with van der Waals surface area (Å²) < 4.78 is 30.9. The SMILES string of the molecule is O=C(Cc1ccccc1CNC(=O)N1CCNC1=O)NC1CN(S(=O)(=O)O)C1=O.[H-].[Na+]. The fourth-order valence-electron chi connectivity index (χ4n) is 2.96. The van der Waals surface area contributed by atoms with Crippen molar-refractivity contribution in [2.75, 3.05) is 19.6 Å². The van der Waals surface area contributed by atoms with E-state index in [1.807, 2.05) is 0 Å². The third-order valence-electron chi connectivity index (χ3n) is 4.51. The minimum Gasteiger partial charge on any atom is -1.00 e. The van der Waals surface area contributed by atoms with Crippen LogP contribution in [0.3, 0.4) is 0 Å². The van der Waals surface area contributed by atoms with E-state index < -0.39 is 40.2 Å². The molecule has 1 aromatic carbocycles. The van der Waals surface area contributed by atoms with Crippen LogP contribution in [0.1, 0.15) is 12.6 Å². The summed E-state index contributed by atoms with van der Waals surface area (Å²) in [5.74, 6) is -1.43. The first kappa shape index (κ1) is 24.1. The van der Waals surface area contributed by atoms with Crippen molar-refractivity contribution in [3.63, 3.8) is 0 Å². The maximum Gasteiger partial charge on any atom is 1.00 e. The van der Waals surface area contributed by atoms with Gasteiger partial charge in [0, 0.05) is 19.6 Å². The molecule has 0 aromatic heterocycles. The van der Waals surface area contributed by atoms with Gasteiger partial charge in [0.15, 0.2) is 0 Å². The molecular weight excluding hydrogens is 429 g/mol. The van der Waals surface area contributed by atoms with Crippen LogP contribution >= 0.6 is 0 Å². The summed E-state index contributed by atoms with van der Waals surface area (Å²) in [5, 5.41) is 7.54. The molecule has 0 bridgehead atoms. The van der Waals surface area contributed by atoms with Crippen molar-refractivity contribution in [1.82, 2.24) is 25.2 Å². The third kappa shape index (κ3) is 5.49. The molecule has 6 amide bonds. The molecule has 2 aliphatic rings. The van der Waals surface area contributed by atoms with Gasteiger partial charge in [-0.15, -0.1) is 0 Å². The maximum absolute atomic E-state index is 12.2. The smallest absolute Gasteiger partial charge is 1.00 e. The number of amides is 6. The second kappa shape index (κ2) is 9.75. The average molecular weight is 449 g/mol. The fourth-order valence-corrected chi connectivity index (χ4v) is 3.66. The summed E-state index contributed by atoms with van der Waals surface area (Å²) >= 11 is 0. The Kier molecular flexibility index (Phi) is 7.82. The first-order valence-corrected chi connectivity index (χ1v) is 10.0. The average Bonchev–Trinajstić information content (AvgIpc) is 3.08. The molecule has 2 saturated heterocycles. The Labute approximate surface area is 196 Å². The van der Waals surface area contributed by atoms with E-state index in [-0.39, 0.29) is 61.3 Å². The summed E-state index contributed by atoms with van der Waals surface area (Å²) in [6, 6.07) is 4.77. The van der Waals surface area contributed by atoms with E-state index in [0.717, 1.165) is 4.90 Å². The summed E-state index contributed by atoms with van der Waals surface area (Å²) in [4.78, 5) is 48.5. The minimum atomic E-state index is -4.62. The quantitative estimate of drug-likeness (QED) is 0.194. The molecule has 14 heteroatoms. The van der Waals surface area contributed by atoms with Crippen molar-refractivity contribution in [3.05, 3.63) is 35.4 Å². The number of nitrogens with one attached hydrogen (secondary N) is 3. The zero-order valence-corrected chi connectivity index (χ0v) is 18.9. The Balaban J connectivity index is 0.00000240. The van der Waals surface area contributed by atoms with Gasteiger partial charge in [-0.3, -0.25) is 14.1 Å². The molecule has 2 aliphatic heterocycles. The number of urea groups is 2. The number of benzene rings is 1. The molecule has 0 radical (unpaired) electrons. The molecule has 1 atom stereocenters. The number of hydrogen-bond acceptors (Lipinski definition) is 6. The molecule has 0 spiro atoms. The Morgan fingerprint density at radius 1 is 1.23 bits per heavy atom. The summed E-state index contributed by atoms with van der Waals surface area (Å²) in [6.07, 6.45) is -0.105. The predicted octanol–water partition coefficient (Wildman–Crippen LogP) is -4.29. The van der Waals surface area contributed by atoms with Gasteiger partial charge in [0.05, 0.1) is 13.0 Å². The third-order valence-corrected chi connectivity index (χ3v) is 5.39. The van der Waals surface area contributed by atoms with Crippen LogP contribution in [0, 0.1) is 0 Å². The van der Waals surface area contributed by atoms with Gasteiger partial charge in [0.1, 0.15) is 6.04 Å². The molecule has 0 saturated carbocycles. The van der Waals surface area contributed by atoms with E-state index >= 15 is 0 Å². The molecule has 1 aromatic rings. The second-order valence-corrected chi connectivity index (χ2v) is 7.79. The number of imide groups is 1. The molecule has 2 fully saturated rings. The molecular formula is C16H20N5NaO7S. The largest absolute Gasteiger partial charge is 1.00 e. The van der Waals surface area contributed by atoms with Gasteiger partial charge in [-0.2, -0.15) is 8.42 Å². The molecule has 3 rings (SSSR count). The van der Waals surface area contributed by atoms with Crippen LogP contribution in [0.15, 0.2) is 24.3 Å². The van der Waals surface area contributed by atoms with Crippen LogP contribution in [0.25, 0.3) is 0 Å². The zero-order chi connectivity index (χ0) is 21.2. The van der Waals surface area contributed by atoms with E-state index in [2.05, 4.69) is 16.0 Å². The Morgan fingerprint density at radius 2 is 1.90 bits per heavy atom. The van der Waals surface area contributed by atoms with Crippen molar-refractivity contribution in [1.29, 1.82) is 0 Å². The zero-order valence-electron chi connectivity index (χ0n) is 17.1. The van der Waals surface area contributed by atoms with Crippen LogP contribution in [-0.4, -0.2) is 71.7 Å². The Bertz CT molecular complexity index is 977. The van der Waals surface area contributed by atoms with Gasteiger partial charge in [-0.05, 0) is 11.1 Å². The molecule has 30 heavy (non-hydrogen) atoms. The number of hydrogen-bond donors (Lipinski definition) is 4. The summed E-state index contributed by atoms with van der Waals surface area (Å²) in [6.45, 7) is 0.409. The van der Waals surface area contributed by atoms with Gasteiger partial charge in [0.25, 0.3) is 5.91 Å². The van der Waals surface area contributed by atoms with E-state index in [9.17, 15) is 27.6 Å². The van der Waals surface area contributed by atoms with Gasteiger partial charge in [-0.1, -0.05) is 24.3 Å². The molecule has 12 nitrogen and oxygen atoms in total. The second-order valence-electron chi connectivity index (χ2n) is 6.46. The van der Waals surface area contributed by atoms with Crippen molar-refractivity contribution >= 4 is 34.2 Å². The van der Waals surface area contributed by atoms with E-state index in [1.54, 1.807) is 24.3 Å². The molecule has 1 unspecified atom stereocenters. The van der Waals surface area contributed by atoms with Crippen LogP contribution < -0.4 is 45.5 Å². The van der Waals surface area contributed by atoms with E-state index in [1.165, 1.54) is 0 Å². The van der Waals surface area contributed by atoms with Crippen molar-refractivity contribution in [3.8, 4) is 0 Å². The molecule has 158 valence electrons. The van der Waals surface area contributed by atoms with Gasteiger partial charge in [-0.25, -0.2) is 18.8 Å². The standard InChI is InChI=1S/C16H19N5O7S.Na.H/c22-13(19-12-9-21(14(12)23)29(26,27)28)7-10-3-1-2-4-11(10)8-18-16(25)20-6-5-17-15(20)24;;/h1-4,12H,5-9H2,(H,17,24)(H,18,25)(H,19,22)(H,26,27,28);;/q;+1;-1. The number of carbonyl (C=O) groups is 4. The maximum atomic E-state index is 12.2. The van der Waals surface area contributed by atoms with Crippen molar-refractivity contribution in [2.45, 2.75) is 19.0 Å². The molecule has 2 heterocycles. The van der Waals surface area contributed by atoms with Gasteiger partial charge < -0.3 is 17.4 Å². The Morgan fingerprint density at radius 3 is 2.47 bits per heavy atom. The van der Waals surface area contributed by atoms with Gasteiger partial charge in [0.2, 0.25) is 5.91 Å². The molecule has 4 N–H and O–H groups in total. The van der Waals surface area contributed by atoms with Gasteiger partial charge >= 0.3 is 51.9 Å².